The fraction of sp³-hybridized carbons (Fsp3) is 0.900. The van der Waals surface area contributed by atoms with E-state index in [0.29, 0.717) is 6.54 Å². The van der Waals surface area contributed by atoms with Crippen LogP contribution in [-0.2, 0) is 14.6 Å². The molecule has 0 aliphatic carbocycles. The zero-order chi connectivity index (χ0) is 13.0. The fourth-order valence-corrected chi connectivity index (χ4v) is 1.69. The minimum Gasteiger partial charge on any atom is -0.395 e. The molecule has 0 spiro atoms. The Morgan fingerprint density at radius 1 is 1.31 bits per heavy atom. The first-order chi connectivity index (χ1) is 7.18. The number of aliphatic hydroxyl groups excluding tert-OH is 1. The number of rotatable bonds is 6. The van der Waals surface area contributed by atoms with Crippen molar-refractivity contribution in [2.45, 2.75) is 31.9 Å². The average Bonchev–Trinajstić information content (AvgIpc) is 2.14. The number of amides is 1. The molecule has 1 amide bonds. The summed E-state index contributed by atoms with van der Waals surface area (Å²) in [6.07, 6.45) is 1.78. The molecule has 1 N–H and O–H groups in total. The van der Waals surface area contributed by atoms with Crippen molar-refractivity contribution in [3.05, 3.63) is 0 Å². The molecular weight excluding hydrogens is 230 g/mol. The molecule has 16 heavy (non-hydrogen) atoms. The Bertz CT molecular complexity index is 329. The zero-order valence-electron chi connectivity index (χ0n) is 10.4. The first kappa shape index (κ1) is 15.4. The van der Waals surface area contributed by atoms with Crippen molar-refractivity contribution in [1.29, 1.82) is 0 Å². The van der Waals surface area contributed by atoms with Crippen molar-refractivity contribution >= 4 is 15.7 Å². The second-order valence-electron chi connectivity index (χ2n) is 4.30. The highest BCUT2D eigenvalue weighted by molar-refractivity contribution is 7.92. The van der Waals surface area contributed by atoms with E-state index >= 15 is 0 Å². The van der Waals surface area contributed by atoms with E-state index in [1.54, 1.807) is 0 Å². The molecule has 0 aliphatic heterocycles. The van der Waals surface area contributed by atoms with E-state index in [9.17, 15) is 13.2 Å². The lowest BCUT2D eigenvalue weighted by atomic mass is 10.1. The molecule has 0 bridgehead atoms. The highest BCUT2D eigenvalue weighted by Crippen LogP contribution is 2.18. The van der Waals surface area contributed by atoms with Crippen LogP contribution in [0.3, 0.4) is 0 Å². The van der Waals surface area contributed by atoms with Crippen LogP contribution in [0.5, 0.6) is 0 Å². The first-order valence-electron chi connectivity index (χ1n) is 5.28. The molecular formula is C10H21NO4S. The Morgan fingerprint density at radius 2 is 1.81 bits per heavy atom. The number of nitrogens with zero attached hydrogens (tertiary/aromatic N) is 1. The molecule has 0 radical (unpaired) electrons. The smallest absolute Gasteiger partial charge is 0.243 e. The predicted molar refractivity (Wildman–Crippen MR) is 62.9 cm³/mol. The van der Waals surface area contributed by atoms with Gasteiger partial charge >= 0.3 is 0 Å². The van der Waals surface area contributed by atoms with Crippen molar-refractivity contribution < 1.29 is 18.3 Å². The highest BCUT2D eigenvalue weighted by Gasteiger charge is 2.40. The zero-order valence-corrected chi connectivity index (χ0v) is 11.2. The van der Waals surface area contributed by atoms with Crippen molar-refractivity contribution in [2.24, 2.45) is 0 Å². The van der Waals surface area contributed by atoms with Gasteiger partial charge in [0.25, 0.3) is 0 Å². The molecule has 0 atom stereocenters. The summed E-state index contributed by atoms with van der Waals surface area (Å²) < 4.78 is 21.6. The minimum atomic E-state index is -3.46. The maximum Gasteiger partial charge on any atom is 0.243 e. The largest absolute Gasteiger partial charge is 0.395 e. The highest BCUT2D eigenvalue weighted by atomic mass is 32.2. The molecule has 0 fully saturated rings. The van der Waals surface area contributed by atoms with E-state index < -0.39 is 20.5 Å². The Labute approximate surface area is 97.4 Å². The van der Waals surface area contributed by atoms with Crippen molar-refractivity contribution in [3.63, 3.8) is 0 Å². The van der Waals surface area contributed by atoms with Crippen LogP contribution in [0.4, 0.5) is 0 Å². The Morgan fingerprint density at radius 3 is 2.12 bits per heavy atom. The quantitative estimate of drug-likeness (QED) is 0.723. The van der Waals surface area contributed by atoms with E-state index in [1.165, 1.54) is 18.7 Å². The van der Waals surface area contributed by atoms with E-state index in [4.69, 9.17) is 5.11 Å². The molecule has 0 aliphatic rings. The summed E-state index contributed by atoms with van der Waals surface area (Å²) in [7, 11) is -3.46. The third kappa shape index (κ3) is 3.45. The van der Waals surface area contributed by atoms with Gasteiger partial charge in [0.15, 0.2) is 9.84 Å². The molecule has 6 heteroatoms. The van der Waals surface area contributed by atoms with Gasteiger partial charge in [-0.15, -0.1) is 0 Å². The molecule has 96 valence electrons. The third-order valence-electron chi connectivity index (χ3n) is 2.59. The number of hydrogen-bond donors (Lipinski definition) is 1. The van der Waals surface area contributed by atoms with E-state index in [1.807, 2.05) is 6.92 Å². The van der Waals surface area contributed by atoms with Crippen molar-refractivity contribution in [2.75, 3.05) is 26.0 Å². The molecule has 0 saturated heterocycles. The van der Waals surface area contributed by atoms with E-state index in [-0.39, 0.29) is 13.2 Å². The topological polar surface area (TPSA) is 74.7 Å². The predicted octanol–water partition coefficient (Wildman–Crippen LogP) is 0.0405. The molecule has 0 unspecified atom stereocenters. The van der Waals surface area contributed by atoms with Crippen LogP contribution in [-0.4, -0.2) is 55.0 Å². The molecule has 0 aromatic carbocycles. The fourth-order valence-electron chi connectivity index (χ4n) is 1.24. The number of hydrogen-bond acceptors (Lipinski definition) is 4. The summed E-state index contributed by atoms with van der Waals surface area (Å²) in [4.78, 5) is 13.4. The second kappa shape index (κ2) is 5.63. The molecule has 0 aromatic rings. The molecule has 0 aromatic heterocycles. The van der Waals surface area contributed by atoms with Gasteiger partial charge in [-0.2, -0.15) is 0 Å². The van der Waals surface area contributed by atoms with Gasteiger partial charge in [-0.05, 0) is 20.3 Å². The van der Waals surface area contributed by atoms with E-state index in [2.05, 4.69) is 0 Å². The summed E-state index contributed by atoms with van der Waals surface area (Å²) >= 11 is 0. The SMILES string of the molecule is CCCN(CCO)C(=O)C(C)(C)S(C)(=O)=O. The molecule has 0 rings (SSSR count). The number of carbonyl (C=O) groups excluding carboxylic acids is 1. The maximum atomic E-state index is 12.0. The summed E-state index contributed by atoms with van der Waals surface area (Å²) in [6.45, 7) is 5.15. The van der Waals surface area contributed by atoms with Crippen molar-refractivity contribution in [3.8, 4) is 0 Å². The van der Waals surface area contributed by atoms with Crippen LogP contribution in [0.25, 0.3) is 0 Å². The molecule has 0 heterocycles. The maximum absolute atomic E-state index is 12.0. The third-order valence-corrected chi connectivity index (χ3v) is 4.62. The Hall–Kier alpha value is -0.620. The van der Waals surface area contributed by atoms with Gasteiger partial charge in [0, 0.05) is 19.3 Å². The minimum absolute atomic E-state index is 0.161. The number of sulfone groups is 1. The summed E-state index contributed by atoms with van der Waals surface area (Å²) in [6, 6.07) is 0. The summed E-state index contributed by atoms with van der Waals surface area (Å²) in [5.74, 6) is -0.453. The lowest BCUT2D eigenvalue weighted by Gasteiger charge is -2.30. The monoisotopic (exact) mass is 251 g/mol. The van der Waals surface area contributed by atoms with Gasteiger partial charge in [-0.3, -0.25) is 4.79 Å². The summed E-state index contributed by atoms with van der Waals surface area (Å²) in [5.41, 5.74) is 0. The van der Waals surface area contributed by atoms with Crippen molar-refractivity contribution in [1.82, 2.24) is 4.90 Å². The van der Waals surface area contributed by atoms with Gasteiger partial charge in [-0.1, -0.05) is 6.92 Å². The Balaban J connectivity index is 5.00. The van der Waals surface area contributed by atoms with Crippen LogP contribution in [0.15, 0.2) is 0 Å². The average molecular weight is 251 g/mol. The van der Waals surface area contributed by atoms with Crippen LogP contribution in [0.1, 0.15) is 27.2 Å². The first-order valence-corrected chi connectivity index (χ1v) is 7.17. The lowest BCUT2D eigenvalue weighted by molar-refractivity contribution is -0.133. The number of aliphatic hydroxyl groups is 1. The van der Waals surface area contributed by atoms with Gasteiger partial charge in [0.05, 0.1) is 6.61 Å². The second-order valence-corrected chi connectivity index (χ2v) is 6.86. The van der Waals surface area contributed by atoms with Gasteiger partial charge < -0.3 is 10.0 Å². The summed E-state index contributed by atoms with van der Waals surface area (Å²) in [5, 5.41) is 8.84. The Kier molecular flexibility index (Phi) is 5.41. The van der Waals surface area contributed by atoms with Gasteiger partial charge in [0.1, 0.15) is 4.75 Å². The van der Waals surface area contributed by atoms with Gasteiger partial charge in [0.2, 0.25) is 5.91 Å². The normalized spacial score (nSPS) is 12.6. The van der Waals surface area contributed by atoms with E-state index in [0.717, 1.165) is 12.7 Å². The standard InChI is InChI=1S/C10H21NO4S/c1-5-6-11(7-8-12)9(13)10(2,3)16(4,14)15/h12H,5-8H2,1-4H3. The number of carbonyl (C=O) groups is 1. The molecule has 5 nitrogen and oxygen atoms in total. The van der Waals surface area contributed by atoms with Crippen LogP contribution in [0, 0.1) is 0 Å². The van der Waals surface area contributed by atoms with Crippen LogP contribution in [0.2, 0.25) is 0 Å². The van der Waals surface area contributed by atoms with Crippen LogP contribution >= 0.6 is 0 Å². The van der Waals surface area contributed by atoms with Crippen LogP contribution < -0.4 is 0 Å². The molecule has 0 saturated carbocycles. The van der Waals surface area contributed by atoms with Gasteiger partial charge in [-0.25, -0.2) is 8.42 Å². The lowest BCUT2D eigenvalue weighted by Crippen LogP contribution is -2.50.